The lowest BCUT2D eigenvalue weighted by Gasteiger charge is -2.14. The second kappa shape index (κ2) is 11.4. The SMILES string of the molecule is [C-]#[N+]C1=C(c2cc(C)cc(C)c2)/C(=C(/C#N)[N+]#[C-])c2cc3c(c(F)c21)/C(=C(/C#N)[N+]#[C-])C(c1ccc(C(F)(F)F)c(C#N)c1)=C3C#N. The first-order valence-electron chi connectivity index (χ1n) is 13.3. The zero-order valence-electron chi connectivity index (χ0n) is 24.2. The Kier molecular flexibility index (Phi) is 7.54. The van der Waals surface area contributed by atoms with Gasteiger partial charge in [0.1, 0.15) is 11.9 Å². The number of halogens is 4. The number of nitriles is 4. The Morgan fingerprint density at radius 2 is 1.34 bits per heavy atom. The summed E-state index contributed by atoms with van der Waals surface area (Å²) in [4.78, 5) is 10.1. The van der Waals surface area contributed by atoms with Crippen LogP contribution in [0, 0.1) is 84.7 Å². The second-order valence-corrected chi connectivity index (χ2v) is 10.4. The summed E-state index contributed by atoms with van der Waals surface area (Å²) in [6, 6.07) is 15.8. The van der Waals surface area contributed by atoms with Crippen molar-refractivity contribution >= 4 is 33.6 Å². The Labute approximate surface area is 265 Å². The quantitative estimate of drug-likeness (QED) is 0.162. The molecule has 0 spiro atoms. The number of nitrogens with zero attached hydrogens (tertiary/aromatic N) is 7. The summed E-state index contributed by atoms with van der Waals surface area (Å²) >= 11 is 0. The summed E-state index contributed by atoms with van der Waals surface area (Å²) in [5.74, 6) is -1.13. The Bertz CT molecular complexity index is 2390. The van der Waals surface area contributed by atoms with Crippen molar-refractivity contribution in [3.05, 3.63) is 150 Å². The van der Waals surface area contributed by atoms with Gasteiger partial charge in [0.05, 0.1) is 54.6 Å². The first-order chi connectivity index (χ1) is 22.4. The van der Waals surface area contributed by atoms with Gasteiger partial charge < -0.3 is 0 Å². The van der Waals surface area contributed by atoms with E-state index in [-0.39, 0.29) is 50.2 Å². The average Bonchev–Trinajstić information content (AvgIpc) is 3.54. The van der Waals surface area contributed by atoms with Crippen LogP contribution in [0.4, 0.5) is 17.6 Å². The van der Waals surface area contributed by atoms with Crippen LogP contribution in [0.3, 0.4) is 0 Å². The molecule has 0 aromatic heterocycles. The predicted octanol–water partition coefficient (Wildman–Crippen LogP) is 8.89. The van der Waals surface area contributed by atoms with Crippen LogP contribution in [-0.4, -0.2) is 0 Å². The molecule has 0 atom stereocenters. The molecule has 11 heteroatoms. The average molecular weight is 620 g/mol. The van der Waals surface area contributed by atoms with Gasteiger partial charge in [-0.2, -0.15) is 23.7 Å². The van der Waals surface area contributed by atoms with Gasteiger partial charge in [-0.05, 0) is 65.5 Å². The first kappa shape index (κ1) is 31.2. The lowest BCUT2D eigenvalue weighted by molar-refractivity contribution is -0.137. The molecule has 3 aromatic rings. The van der Waals surface area contributed by atoms with Crippen molar-refractivity contribution in [3.8, 4) is 24.3 Å². The van der Waals surface area contributed by atoms with E-state index in [1.54, 1.807) is 38.1 Å². The minimum Gasteiger partial charge on any atom is -0.237 e. The van der Waals surface area contributed by atoms with E-state index in [0.717, 1.165) is 23.3 Å². The van der Waals surface area contributed by atoms with Crippen LogP contribution in [0.5, 0.6) is 0 Å². The summed E-state index contributed by atoms with van der Waals surface area (Å²) in [5.41, 5.74) is -3.60. The highest BCUT2D eigenvalue weighted by Crippen LogP contribution is 2.56. The van der Waals surface area contributed by atoms with E-state index in [0.29, 0.717) is 11.6 Å². The van der Waals surface area contributed by atoms with Gasteiger partial charge in [-0.25, -0.2) is 29.4 Å². The van der Waals surface area contributed by atoms with Gasteiger partial charge >= 0.3 is 6.18 Å². The molecule has 2 aliphatic carbocycles. The van der Waals surface area contributed by atoms with E-state index in [2.05, 4.69) is 14.5 Å². The van der Waals surface area contributed by atoms with Gasteiger partial charge in [0.15, 0.2) is 0 Å². The van der Waals surface area contributed by atoms with E-state index in [1.807, 2.05) is 12.1 Å². The molecular weight excluding hydrogens is 606 g/mol. The van der Waals surface area contributed by atoms with Gasteiger partial charge in [-0.3, -0.25) is 0 Å². The van der Waals surface area contributed by atoms with Crippen molar-refractivity contribution in [2.24, 2.45) is 0 Å². The molecule has 0 heterocycles. The molecule has 0 radical (unpaired) electrons. The first-order valence-corrected chi connectivity index (χ1v) is 13.3. The number of rotatable bonds is 2. The smallest absolute Gasteiger partial charge is 0.237 e. The van der Waals surface area contributed by atoms with Crippen molar-refractivity contribution in [2.45, 2.75) is 20.0 Å². The predicted molar refractivity (Wildman–Crippen MR) is 163 cm³/mol. The summed E-state index contributed by atoms with van der Waals surface area (Å²) in [5, 5.41) is 39.7. The molecular formula is C36H13F4N7. The molecule has 0 bridgehead atoms. The van der Waals surface area contributed by atoms with Crippen molar-refractivity contribution in [2.75, 3.05) is 0 Å². The monoisotopic (exact) mass is 619 g/mol. The van der Waals surface area contributed by atoms with Crippen LogP contribution in [0.15, 0.2) is 53.9 Å². The van der Waals surface area contributed by atoms with Crippen LogP contribution in [0.25, 0.3) is 48.1 Å². The molecule has 0 amide bonds. The molecule has 3 aromatic carbocycles. The maximum atomic E-state index is 17.1. The molecule has 5 rings (SSSR count). The second-order valence-electron chi connectivity index (χ2n) is 10.4. The molecule has 7 nitrogen and oxygen atoms in total. The lowest BCUT2D eigenvalue weighted by atomic mass is 9.90. The molecule has 0 N–H and O–H groups in total. The number of hydrogen-bond acceptors (Lipinski definition) is 4. The minimum absolute atomic E-state index is 0.0570. The number of allylic oxidation sites excluding steroid dienone is 7. The molecule has 2 aliphatic rings. The van der Waals surface area contributed by atoms with Gasteiger partial charge in [0.2, 0.25) is 5.70 Å². The highest BCUT2D eigenvalue weighted by molar-refractivity contribution is 6.29. The van der Waals surface area contributed by atoms with Crippen molar-refractivity contribution in [3.63, 3.8) is 0 Å². The van der Waals surface area contributed by atoms with Crippen LogP contribution in [0.1, 0.15) is 55.6 Å². The Balaban J connectivity index is 1.97. The largest absolute Gasteiger partial charge is 0.417 e. The summed E-state index contributed by atoms with van der Waals surface area (Å²) in [6.07, 6.45) is -4.89. The van der Waals surface area contributed by atoms with E-state index in [1.165, 1.54) is 12.1 Å². The number of hydrogen-bond donors (Lipinski definition) is 0. The number of alkyl halides is 3. The fraction of sp³-hybridized carbons (Fsp3) is 0.0833. The summed E-state index contributed by atoms with van der Waals surface area (Å²) in [6.45, 7) is 27.0. The zero-order valence-corrected chi connectivity index (χ0v) is 24.2. The molecule has 0 fully saturated rings. The summed E-state index contributed by atoms with van der Waals surface area (Å²) < 4.78 is 57.9. The lowest BCUT2D eigenvalue weighted by Crippen LogP contribution is -2.08. The standard InChI is InChI=1S/C36H13F4N7/c1-17-8-18(2)10-20(9-17)29-30(26(15-43)45-3)23-12-22-24(14-42)28(19-6-7-25(36(38,39)40)21(11-19)13-41)33(27(16-44)46-4)31(22)34(37)32(23)35(29)47-5/h6-12H,1-2H3/b30-26-,33-27-. The van der Waals surface area contributed by atoms with Crippen LogP contribution >= 0.6 is 0 Å². The van der Waals surface area contributed by atoms with E-state index in [4.69, 9.17) is 19.7 Å². The molecule has 0 saturated carbocycles. The van der Waals surface area contributed by atoms with Crippen molar-refractivity contribution in [1.29, 1.82) is 21.0 Å². The maximum absolute atomic E-state index is 17.1. The minimum atomic E-state index is -4.89. The van der Waals surface area contributed by atoms with Gasteiger partial charge in [0.25, 0.3) is 11.4 Å². The van der Waals surface area contributed by atoms with Crippen molar-refractivity contribution < 1.29 is 17.6 Å². The summed E-state index contributed by atoms with van der Waals surface area (Å²) in [7, 11) is 0. The Hall–Kier alpha value is -7.23. The molecule has 220 valence electrons. The number of aryl methyl sites for hydroxylation is 2. The third kappa shape index (κ3) is 4.69. The molecule has 47 heavy (non-hydrogen) atoms. The maximum Gasteiger partial charge on any atom is 0.417 e. The third-order valence-electron chi connectivity index (χ3n) is 7.66. The Morgan fingerprint density at radius 3 is 1.85 bits per heavy atom. The van der Waals surface area contributed by atoms with Gasteiger partial charge in [-0.1, -0.05) is 35.4 Å². The highest BCUT2D eigenvalue weighted by atomic mass is 19.4. The van der Waals surface area contributed by atoms with Gasteiger partial charge in [0, 0.05) is 22.3 Å². The van der Waals surface area contributed by atoms with E-state index < -0.39 is 45.7 Å². The third-order valence-corrected chi connectivity index (χ3v) is 7.66. The zero-order chi connectivity index (χ0) is 34.4. The topological polar surface area (TPSA) is 108 Å². The highest BCUT2D eigenvalue weighted by Gasteiger charge is 2.41. The fourth-order valence-corrected chi connectivity index (χ4v) is 6.00. The van der Waals surface area contributed by atoms with Gasteiger partial charge in [-0.15, -0.1) is 0 Å². The molecule has 0 saturated heterocycles. The number of fused-ring (bicyclic) bond motifs is 2. The van der Waals surface area contributed by atoms with Crippen molar-refractivity contribution in [1.82, 2.24) is 0 Å². The fourth-order valence-electron chi connectivity index (χ4n) is 6.00. The normalized spacial score (nSPS) is 15.2. The van der Waals surface area contributed by atoms with Crippen LogP contribution in [-0.2, 0) is 6.18 Å². The van der Waals surface area contributed by atoms with Crippen LogP contribution in [0.2, 0.25) is 0 Å². The van der Waals surface area contributed by atoms with E-state index >= 15 is 4.39 Å². The number of benzene rings is 3. The molecule has 0 aliphatic heterocycles. The van der Waals surface area contributed by atoms with Crippen LogP contribution < -0.4 is 0 Å². The molecule has 0 unspecified atom stereocenters. The Morgan fingerprint density at radius 1 is 0.723 bits per heavy atom. The van der Waals surface area contributed by atoms with E-state index in [9.17, 15) is 34.2 Å².